The molecule has 142 valence electrons. The van der Waals surface area contributed by atoms with Gasteiger partial charge >= 0.3 is 6.18 Å². The van der Waals surface area contributed by atoms with E-state index in [4.69, 9.17) is 4.52 Å². The van der Waals surface area contributed by atoms with Gasteiger partial charge in [-0.15, -0.1) is 0 Å². The Morgan fingerprint density at radius 2 is 2.07 bits per heavy atom. The highest BCUT2D eigenvalue weighted by molar-refractivity contribution is 5.92. The molecule has 8 nitrogen and oxygen atoms in total. The first-order valence-electron chi connectivity index (χ1n) is 7.84. The van der Waals surface area contributed by atoms with Crippen LogP contribution in [0, 0.1) is 6.92 Å². The Morgan fingerprint density at radius 3 is 2.70 bits per heavy atom. The Kier molecular flexibility index (Phi) is 4.68. The van der Waals surface area contributed by atoms with E-state index in [1.54, 1.807) is 19.2 Å². The lowest BCUT2D eigenvalue weighted by atomic mass is 10.2. The summed E-state index contributed by atoms with van der Waals surface area (Å²) in [5.74, 6) is -0.406. The Morgan fingerprint density at radius 1 is 1.33 bits per heavy atom. The number of hydrogen-bond acceptors (Lipinski definition) is 6. The molecule has 0 spiro atoms. The minimum absolute atomic E-state index is 0.0971. The van der Waals surface area contributed by atoms with Crippen LogP contribution in [0.1, 0.15) is 40.6 Å². The lowest BCUT2D eigenvalue weighted by Crippen LogP contribution is -2.28. The van der Waals surface area contributed by atoms with E-state index in [1.807, 2.05) is 13.0 Å². The van der Waals surface area contributed by atoms with Crippen molar-refractivity contribution >= 4 is 5.91 Å². The van der Waals surface area contributed by atoms with Gasteiger partial charge in [-0.1, -0.05) is 5.16 Å². The Labute approximate surface area is 151 Å². The van der Waals surface area contributed by atoms with Gasteiger partial charge in [0.25, 0.3) is 5.91 Å². The van der Waals surface area contributed by atoms with Gasteiger partial charge in [-0.25, -0.2) is 0 Å². The van der Waals surface area contributed by atoms with E-state index in [0.29, 0.717) is 11.8 Å². The van der Waals surface area contributed by atoms with E-state index >= 15 is 0 Å². The number of alkyl halides is 3. The number of amides is 1. The van der Waals surface area contributed by atoms with Gasteiger partial charge in [-0.3, -0.25) is 14.5 Å². The fourth-order valence-corrected chi connectivity index (χ4v) is 2.32. The first-order chi connectivity index (χ1) is 12.6. The second-order valence-electron chi connectivity index (χ2n) is 5.91. The molecule has 11 heteroatoms. The SMILES string of the molecule is Cc1ccnc(-c2noc(C(C)NC(=O)c3cc(C(F)(F)F)nn3C)n2)c1. The molecule has 1 atom stereocenters. The van der Waals surface area contributed by atoms with Crippen LogP contribution in [0.2, 0.25) is 0 Å². The number of carbonyl (C=O) groups excluding carboxylic acids is 1. The van der Waals surface area contributed by atoms with Crippen molar-refractivity contribution in [1.29, 1.82) is 0 Å². The highest BCUT2D eigenvalue weighted by Gasteiger charge is 2.35. The fraction of sp³-hybridized carbons (Fsp3) is 0.312. The molecule has 0 fully saturated rings. The third-order valence-electron chi connectivity index (χ3n) is 3.71. The van der Waals surface area contributed by atoms with Crippen LogP contribution >= 0.6 is 0 Å². The van der Waals surface area contributed by atoms with Crippen molar-refractivity contribution in [3.8, 4) is 11.5 Å². The summed E-state index contributed by atoms with van der Waals surface area (Å²) < 4.78 is 44.1. The van der Waals surface area contributed by atoms with Crippen molar-refractivity contribution in [2.75, 3.05) is 0 Å². The van der Waals surface area contributed by atoms with E-state index in [1.165, 1.54) is 7.05 Å². The second kappa shape index (κ2) is 6.82. The summed E-state index contributed by atoms with van der Waals surface area (Å²) in [4.78, 5) is 20.6. The monoisotopic (exact) mass is 380 g/mol. The van der Waals surface area contributed by atoms with E-state index in [-0.39, 0.29) is 17.4 Å². The number of carbonyl (C=O) groups is 1. The quantitative estimate of drug-likeness (QED) is 0.747. The third-order valence-corrected chi connectivity index (χ3v) is 3.71. The number of hydrogen-bond donors (Lipinski definition) is 1. The van der Waals surface area contributed by atoms with Crippen molar-refractivity contribution < 1.29 is 22.5 Å². The number of aromatic nitrogens is 5. The maximum Gasteiger partial charge on any atom is 0.435 e. The minimum atomic E-state index is -4.63. The second-order valence-corrected chi connectivity index (χ2v) is 5.91. The average Bonchev–Trinajstić information content (AvgIpc) is 3.21. The molecule has 3 rings (SSSR count). The minimum Gasteiger partial charge on any atom is -0.339 e. The zero-order valence-corrected chi connectivity index (χ0v) is 14.6. The molecule has 1 unspecified atom stereocenters. The fourth-order valence-electron chi connectivity index (χ4n) is 2.32. The lowest BCUT2D eigenvalue weighted by Gasteiger charge is -2.09. The predicted molar refractivity (Wildman–Crippen MR) is 86.4 cm³/mol. The Bertz CT molecular complexity index is 979. The Hall–Kier alpha value is -3.24. The third kappa shape index (κ3) is 3.96. The number of halogens is 3. The molecule has 1 N–H and O–H groups in total. The molecule has 0 radical (unpaired) electrons. The number of aryl methyl sites for hydroxylation is 2. The number of nitrogens with one attached hydrogen (secondary N) is 1. The van der Waals surface area contributed by atoms with Crippen LogP contribution in [0.5, 0.6) is 0 Å². The molecule has 3 heterocycles. The number of pyridine rings is 1. The normalized spacial score (nSPS) is 12.8. The summed E-state index contributed by atoms with van der Waals surface area (Å²) in [6.07, 6.45) is -3.03. The van der Waals surface area contributed by atoms with Gasteiger partial charge in [0.15, 0.2) is 5.69 Å². The molecule has 0 bridgehead atoms. The van der Waals surface area contributed by atoms with E-state index in [0.717, 1.165) is 10.2 Å². The van der Waals surface area contributed by atoms with Crippen molar-refractivity contribution in [2.24, 2.45) is 7.05 Å². The summed E-state index contributed by atoms with van der Waals surface area (Å²) in [6, 6.07) is 3.54. The lowest BCUT2D eigenvalue weighted by molar-refractivity contribution is -0.141. The van der Waals surface area contributed by atoms with Crippen LogP contribution in [-0.4, -0.2) is 30.8 Å². The van der Waals surface area contributed by atoms with Crippen molar-refractivity contribution in [3.05, 3.63) is 47.2 Å². The van der Waals surface area contributed by atoms with Crippen LogP contribution in [-0.2, 0) is 13.2 Å². The van der Waals surface area contributed by atoms with E-state index in [2.05, 4.69) is 25.5 Å². The van der Waals surface area contributed by atoms with Crippen molar-refractivity contribution in [3.63, 3.8) is 0 Å². The molecular formula is C16H15F3N6O2. The largest absolute Gasteiger partial charge is 0.435 e. The zero-order chi connectivity index (χ0) is 19.8. The standard InChI is InChI=1S/C16H15F3N6O2/c1-8-4-5-20-10(6-8)13-22-15(27-24-13)9(2)21-14(26)11-7-12(16(17,18)19)23-25(11)3/h4-7,9H,1-3H3,(H,21,26). The van der Waals surface area contributed by atoms with Gasteiger partial charge in [-0.2, -0.15) is 23.3 Å². The maximum absolute atomic E-state index is 12.7. The van der Waals surface area contributed by atoms with E-state index < -0.39 is 23.8 Å². The van der Waals surface area contributed by atoms with Gasteiger partial charge in [-0.05, 0) is 31.5 Å². The molecule has 27 heavy (non-hydrogen) atoms. The number of rotatable bonds is 4. The molecule has 0 aliphatic rings. The van der Waals surface area contributed by atoms with Crippen LogP contribution in [0.25, 0.3) is 11.5 Å². The smallest absolute Gasteiger partial charge is 0.339 e. The van der Waals surface area contributed by atoms with Gasteiger partial charge in [0, 0.05) is 19.3 Å². The summed E-state index contributed by atoms with van der Waals surface area (Å²) in [6.45, 7) is 3.46. The molecule has 0 aliphatic carbocycles. The topological polar surface area (TPSA) is 98.7 Å². The molecule has 0 aromatic carbocycles. The summed E-state index contributed by atoms with van der Waals surface area (Å²) in [7, 11) is 1.25. The molecule has 0 aliphatic heterocycles. The van der Waals surface area contributed by atoms with Crippen molar-refractivity contribution in [2.45, 2.75) is 26.1 Å². The van der Waals surface area contributed by atoms with Crippen LogP contribution in [0.15, 0.2) is 28.9 Å². The summed E-state index contributed by atoms with van der Waals surface area (Å²) >= 11 is 0. The first kappa shape index (κ1) is 18.5. The van der Waals surface area contributed by atoms with Crippen molar-refractivity contribution in [1.82, 2.24) is 30.2 Å². The molecule has 0 saturated carbocycles. The van der Waals surface area contributed by atoms with E-state index in [9.17, 15) is 18.0 Å². The highest BCUT2D eigenvalue weighted by atomic mass is 19.4. The molecule has 0 saturated heterocycles. The van der Waals surface area contributed by atoms with Crippen LogP contribution in [0.3, 0.4) is 0 Å². The highest BCUT2D eigenvalue weighted by Crippen LogP contribution is 2.28. The molecular weight excluding hydrogens is 365 g/mol. The predicted octanol–water partition coefficient (Wildman–Crippen LogP) is 2.68. The first-order valence-corrected chi connectivity index (χ1v) is 7.84. The number of nitrogens with zero attached hydrogens (tertiary/aromatic N) is 5. The maximum atomic E-state index is 12.7. The molecule has 3 aromatic heterocycles. The molecule has 3 aromatic rings. The van der Waals surface area contributed by atoms with Gasteiger partial charge in [0.05, 0.1) is 0 Å². The van der Waals surface area contributed by atoms with Crippen LogP contribution in [0.4, 0.5) is 13.2 Å². The van der Waals surface area contributed by atoms with Gasteiger partial charge in [0.1, 0.15) is 17.4 Å². The van der Waals surface area contributed by atoms with Crippen LogP contribution < -0.4 is 5.32 Å². The van der Waals surface area contributed by atoms with Gasteiger partial charge in [0.2, 0.25) is 11.7 Å². The summed E-state index contributed by atoms with van der Waals surface area (Å²) in [5, 5.41) is 9.63. The zero-order valence-electron chi connectivity index (χ0n) is 14.6. The summed E-state index contributed by atoms with van der Waals surface area (Å²) in [5.41, 5.74) is 0.0806. The Balaban J connectivity index is 1.75. The molecule has 1 amide bonds. The van der Waals surface area contributed by atoms with Gasteiger partial charge < -0.3 is 9.84 Å². The average molecular weight is 380 g/mol.